The molecule has 146 valence electrons. The minimum atomic E-state index is -0.748. The van der Waals surface area contributed by atoms with Crippen LogP contribution in [-0.4, -0.2) is 48.0 Å². The summed E-state index contributed by atoms with van der Waals surface area (Å²) in [5.41, 5.74) is 2.08. The Labute approximate surface area is 161 Å². The van der Waals surface area contributed by atoms with Gasteiger partial charge in [-0.15, -0.1) is 0 Å². The monoisotopic (exact) mass is 382 g/mol. The lowest BCUT2D eigenvalue weighted by molar-refractivity contribution is -0.125. The molecular weight excluding hydrogens is 360 g/mol. The third-order valence-electron chi connectivity index (χ3n) is 5.23. The van der Waals surface area contributed by atoms with Gasteiger partial charge in [-0.3, -0.25) is 19.0 Å². The number of hydrogen-bond acceptors (Lipinski definition) is 5. The first-order valence-corrected chi connectivity index (χ1v) is 9.17. The highest BCUT2D eigenvalue weighted by Crippen LogP contribution is 2.26. The molecule has 9 heteroatoms. The maximum absolute atomic E-state index is 12.6. The van der Waals surface area contributed by atoms with Crippen LogP contribution in [-0.2, 0) is 18.4 Å². The fourth-order valence-electron chi connectivity index (χ4n) is 3.67. The number of aromatic nitrogens is 4. The fourth-order valence-corrected chi connectivity index (χ4v) is 3.67. The second-order valence-electron chi connectivity index (χ2n) is 7.09. The van der Waals surface area contributed by atoms with Crippen LogP contribution in [0.1, 0.15) is 29.0 Å². The minimum Gasteiger partial charge on any atom is -0.391 e. The van der Waals surface area contributed by atoms with Crippen molar-refractivity contribution >= 4 is 17.5 Å². The standard InChI is InChI=1S/C19H22N6O3/c1-24-5-2-3-15(24)19(28)23-14-7-12(8-16(14)26)18(27)22-10-13-9-21-17-11-20-4-6-25(13)17/h2-6,9,11-12,14,16,26H,7-8,10H2,1H3,(H,22,27)(H,23,28)/t12-,14+,16+/m0/s1. The zero-order valence-electron chi connectivity index (χ0n) is 15.4. The first kappa shape index (κ1) is 18.2. The molecule has 1 fully saturated rings. The van der Waals surface area contributed by atoms with Gasteiger partial charge in [-0.05, 0) is 25.0 Å². The van der Waals surface area contributed by atoms with Gasteiger partial charge in [0.15, 0.2) is 5.65 Å². The lowest BCUT2D eigenvalue weighted by Crippen LogP contribution is -2.40. The highest BCUT2D eigenvalue weighted by molar-refractivity contribution is 5.93. The Hall–Kier alpha value is -3.20. The maximum atomic E-state index is 12.6. The van der Waals surface area contributed by atoms with Crippen LogP contribution in [0.5, 0.6) is 0 Å². The number of aryl methyl sites for hydroxylation is 1. The molecule has 1 saturated carbocycles. The summed E-state index contributed by atoms with van der Waals surface area (Å²) in [4.78, 5) is 33.2. The van der Waals surface area contributed by atoms with Gasteiger partial charge < -0.3 is 20.3 Å². The largest absolute Gasteiger partial charge is 0.391 e. The number of hydrogen-bond donors (Lipinski definition) is 3. The van der Waals surface area contributed by atoms with Crippen LogP contribution in [0.4, 0.5) is 0 Å². The van der Waals surface area contributed by atoms with Gasteiger partial charge in [0.05, 0.1) is 36.8 Å². The molecule has 0 aliphatic heterocycles. The minimum absolute atomic E-state index is 0.140. The predicted octanol–water partition coefficient (Wildman–Crippen LogP) is 0.253. The highest BCUT2D eigenvalue weighted by Gasteiger charge is 2.37. The van der Waals surface area contributed by atoms with Gasteiger partial charge in [0.25, 0.3) is 5.91 Å². The molecule has 28 heavy (non-hydrogen) atoms. The van der Waals surface area contributed by atoms with Crippen LogP contribution < -0.4 is 10.6 Å². The van der Waals surface area contributed by atoms with Crippen molar-refractivity contribution in [2.75, 3.05) is 0 Å². The number of aliphatic hydroxyl groups is 1. The molecule has 0 spiro atoms. The van der Waals surface area contributed by atoms with E-state index in [-0.39, 0.29) is 17.7 Å². The molecule has 4 rings (SSSR count). The lowest BCUT2D eigenvalue weighted by Gasteiger charge is -2.16. The SMILES string of the molecule is Cn1cccc1C(=O)N[C@@H]1C[C@H](C(=O)NCc2cnc3cnccn23)C[C@H]1O. The van der Waals surface area contributed by atoms with Crippen LogP contribution in [0, 0.1) is 5.92 Å². The van der Waals surface area contributed by atoms with Crippen molar-refractivity contribution < 1.29 is 14.7 Å². The molecule has 1 aliphatic carbocycles. The number of amides is 2. The number of carbonyl (C=O) groups excluding carboxylic acids is 2. The molecular formula is C19H22N6O3. The van der Waals surface area contributed by atoms with Gasteiger partial charge >= 0.3 is 0 Å². The van der Waals surface area contributed by atoms with Crippen molar-refractivity contribution in [1.82, 2.24) is 29.6 Å². The van der Waals surface area contributed by atoms with E-state index in [1.54, 1.807) is 54.7 Å². The molecule has 3 N–H and O–H groups in total. The van der Waals surface area contributed by atoms with E-state index >= 15 is 0 Å². The van der Waals surface area contributed by atoms with E-state index in [1.807, 2.05) is 4.40 Å². The first-order valence-electron chi connectivity index (χ1n) is 9.17. The Morgan fingerprint density at radius 2 is 2.14 bits per heavy atom. The summed E-state index contributed by atoms with van der Waals surface area (Å²) >= 11 is 0. The molecule has 3 heterocycles. The van der Waals surface area contributed by atoms with E-state index < -0.39 is 12.1 Å². The summed E-state index contributed by atoms with van der Waals surface area (Å²) in [5.74, 6) is -0.745. The van der Waals surface area contributed by atoms with Crippen molar-refractivity contribution in [2.45, 2.75) is 31.5 Å². The van der Waals surface area contributed by atoms with Crippen molar-refractivity contribution in [1.29, 1.82) is 0 Å². The molecule has 3 aromatic heterocycles. The number of imidazole rings is 1. The topological polar surface area (TPSA) is 114 Å². The van der Waals surface area contributed by atoms with Crippen LogP contribution in [0.25, 0.3) is 5.65 Å². The van der Waals surface area contributed by atoms with Crippen LogP contribution >= 0.6 is 0 Å². The molecule has 2 amide bonds. The molecule has 0 radical (unpaired) electrons. The molecule has 3 atom stereocenters. The number of nitrogens with zero attached hydrogens (tertiary/aromatic N) is 4. The van der Waals surface area contributed by atoms with Crippen LogP contribution in [0.2, 0.25) is 0 Å². The van der Waals surface area contributed by atoms with Crippen molar-refractivity contribution in [2.24, 2.45) is 13.0 Å². The number of carbonyl (C=O) groups is 2. The average molecular weight is 382 g/mol. The summed E-state index contributed by atoms with van der Waals surface area (Å²) < 4.78 is 3.58. The first-order chi connectivity index (χ1) is 13.5. The molecule has 9 nitrogen and oxygen atoms in total. The Bertz CT molecular complexity index is 1010. The number of fused-ring (bicyclic) bond motifs is 1. The average Bonchev–Trinajstić information content (AvgIpc) is 3.39. The summed E-state index contributed by atoms with van der Waals surface area (Å²) in [6.45, 7) is 0.330. The highest BCUT2D eigenvalue weighted by atomic mass is 16.3. The Balaban J connectivity index is 1.34. The van der Waals surface area contributed by atoms with Gasteiger partial charge in [0, 0.05) is 31.6 Å². The molecule has 3 aromatic rings. The molecule has 0 bridgehead atoms. The van der Waals surface area contributed by atoms with Gasteiger partial charge in [-0.25, -0.2) is 4.98 Å². The third-order valence-corrected chi connectivity index (χ3v) is 5.23. The molecule has 0 unspecified atom stereocenters. The predicted molar refractivity (Wildman–Crippen MR) is 100 cm³/mol. The summed E-state index contributed by atoms with van der Waals surface area (Å²) in [6.07, 6.45) is 8.56. The fraction of sp³-hybridized carbons (Fsp3) is 0.368. The van der Waals surface area contributed by atoms with E-state index in [1.165, 1.54) is 0 Å². The molecule has 0 saturated heterocycles. The van der Waals surface area contributed by atoms with E-state index in [0.29, 0.717) is 30.7 Å². The van der Waals surface area contributed by atoms with E-state index in [0.717, 1.165) is 5.69 Å². The van der Waals surface area contributed by atoms with Gasteiger partial charge in [-0.2, -0.15) is 0 Å². The molecule has 1 aliphatic rings. The van der Waals surface area contributed by atoms with Gasteiger partial charge in [0.1, 0.15) is 5.69 Å². The summed E-state index contributed by atoms with van der Waals surface area (Å²) in [6, 6.07) is 3.05. The Kier molecular flexibility index (Phi) is 4.82. The quantitative estimate of drug-likeness (QED) is 0.586. The zero-order chi connectivity index (χ0) is 19.7. The Morgan fingerprint density at radius 1 is 1.29 bits per heavy atom. The van der Waals surface area contributed by atoms with Crippen LogP contribution in [0.3, 0.4) is 0 Å². The van der Waals surface area contributed by atoms with Crippen molar-refractivity contribution in [3.05, 3.63) is 54.5 Å². The lowest BCUT2D eigenvalue weighted by atomic mass is 10.1. The van der Waals surface area contributed by atoms with E-state index in [9.17, 15) is 14.7 Å². The smallest absolute Gasteiger partial charge is 0.268 e. The number of nitrogens with one attached hydrogen (secondary N) is 2. The van der Waals surface area contributed by atoms with Crippen molar-refractivity contribution in [3.8, 4) is 0 Å². The number of aliphatic hydroxyl groups excluding tert-OH is 1. The zero-order valence-corrected chi connectivity index (χ0v) is 15.4. The summed E-state index contributed by atoms with van der Waals surface area (Å²) in [7, 11) is 1.78. The second kappa shape index (κ2) is 7.43. The van der Waals surface area contributed by atoms with Crippen LogP contribution in [0.15, 0.2) is 43.1 Å². The molecule has 0 aromatic carbocycles. The van der Waals surface area contributed by atoms with Gasteiger partial charge in [0.2, 0.25) is 5.91 Å². The second-order valence-corrected chi connectivity index (χ2v) is 7.09. The maximum Gasteiger partial charge on any atom is 0.268 e. The van der Waals surface area contributed by atoms with E-state index in [2.05, 4.69) is 20.6 Å². The van der Waals surface area contributed by atoms with Crippen molar-refractivity contribution in [3.63, 3.8) is 0 Å². The number of rotatable bonds is 5. The third kappa shape index (κ3) is 3.48. The van der Waals surface area contributed by atoms with Gasteiger partial charge in [-0.1, -0.05) is 0 Å². The normalized spacial score (nSPS) is 21.7. The van der Waals surface area contributed by atoms with E-state index in [4.69, 9.17) is 0 Å². The Morgan fingerprint density at radius 3 is 2.93 bits per heavy atom. The summed E-state index contributed by atoms with van der Waals surface area (Å²) in [5, 5.41) is 16.0.